The molecule has 2 N–H and O–H groups in total. The third kappa shape index (κ3) is 3.22. The number of rotatable bonds is 4. The largest absolute Gasteiger partial charge is 0.376 e. The average molecular weight is 276 g/mol. The molecule has 0 radical (unpaired) electrons. The average Bonchev–Trinajstić information content (AvgIpc) is 2.42. The number of nitrogens with zero attached hydrogens (tertiary/aromatic N) is 1. The second-order valence-electron chi connectivity index (χ2n) is 6.01. The van der Waals surface area contributed by atoms with E-state index >= 15 is 0 Å². The molecule has 1 aromatic rings. The molecule has 1 heterocycles. The van der Waals surface area contributed by atoms with Crippen molar-refractivity contribution in [2.75, 3.05) is 19.7 Å². The zero-order valence-electron chi connectivity index (χ0n) is 13.2. The van der Waals surface area contributed by atoms with Gasteiger partial charge in [-0.25, -0.2) is 0 Å². The van der Waals surface area contributed by atoms with Crippen molar-refractivity contribution in [1.29, 1.82) is 0 Å². The van der Waals surface area contributed by atoms with Crippen LogP contribution >= 0.6 is 0 Å². The predicted molar refractivity (Wildman–Crippen MR) is 83.9 cm³/mol. The van der Waals surface area contributed by atoms with Crippen molar-refractivity contribution in [3.63, 3.8) is 0 Å². The quantitative estimate of drug-likeness (QED) is 0.919. The van der Waals surface area contributed by atoms with Gasteiger partial charge in [0.2, 0.25) is 0 Å². The van der Waals surface area contributed by atoms with Crippen LogP contribution < -0.4 is 5.73 Å². The van der Waals surface area contributed by atoms with Gasteiger partial charge in [-0.2, -0.15) is 0 Å². The molecule has 1 fully saturated rings. The minimum Gasteiger partial charge on any atom is -0.376 e. The third-order valence-corrected chi connectivity index (χ3v) is 4.39. The summed E-state index contributed by atoms with van der Waals surface area (Å²) in [5.41, 5.74) is 10.1. The molecule has 1 aromatic carbocycles. The highest BCUT2D eigenvalue weighted by atomic mass is 16.5. The minimum absolute atomic E-state index is 0.289. The van der Waals surface area contributed by atoms with E-state index < -0.39 is 0 Å². The summed E-state index contributed by atoms with van der Waals surface area (Å²) in [6.45, 7) is 11.1. The maximum Gasteiger partial charge on any atom is 0.0675 e. The Bertz CT molecular complexity index is 447. The number of morpholine rings is 1. The van der Waals surface area contributed by atoms with Gasteiger partial charge in [-0.15, -0.1) is 0 Å². The fraction of sp³-hybridized carbons (Fsp3) is 0.647. The summed E-state index contributed by atoms with van der Waals surface area (Å²) in [6.07, 6.45) is 1.39. The van der Waals surface area contributed by atoms with Crippen molar-refractivity contribution in [2.24, 2.45) is 5.73 Å². The normalized spacial score (nSPS) is 25.6. The molecular weight excluding hydrogens is 248 g/mol. The first-order chi connectivity index (χ1) is 9.56. The molecule has 0 spiro atoms. The van der Waals surface area contributed by atoms with Gasteiger partial charge in [-0.1, -0.05) is 30.7 Å². The highest BCUT2D eigenvalue weighted by Crippen LogP contribution is 2.29. The molecule has 0 aromatic heterocycles. The molecule has 0 amide bonds. The fourth-order valence-corrected chi connectivity index (χ4v) is 3.24. The van der Waals surface area contributed by atoms with Crippen LogP contribution in [0.1, 0.15) is 43.0 Å². The van der Waals surface area contributed by atoms with Crippen LogP contribution in [0.3, 0.4) is 0 Å². The Morgan fingerprint density at radius 1 is 1.40 bits per heavy atom. The van der Waals surface area contributed by atoms with E-state index in [1.165, 1.54) is 16.7 Å². The smallest absolute Gasteiger partial charge is 0.0675 e. The lowest BCUT2D eigenvalue weighted by atomic mass is 9.95. The monoisotopic (exact) mass is 276 g/mol. The van der Waals surface area contributed by atoms with Gasteiger partial charge < -0.3 is 10.5 Å². The van der Waals surface area contributed by atoms with E-state index in [9.17, 15) is 0 Å². The standard InChI is InChI=1S/C17H28N2O/c1-5-15-11-20-14(4)10-19(15)17(9-18)16-7-6-12(2)8-13(16)3/h6-8,14-15,17H,5,9-11,18H2,1-4H3. The molecule has 3 atom stereocenters. The number of hydrogen-bond acceptors (Lipinski definition) is 3. The number of benzene rings is 1. The molecule has 1 aliphatic rings. The zero-order valence-corrected chi connectivity index (χ0v) is 13.2. The summed E-state index contributed by atoms with van der Waals surface area (Å²) in [5, 5.41) is 0. The summed E-state index contributed by atoms with van der Waals surface area (Å²) in [7, 11) is 0. The number of ether oxygens (including phenoxy) is 1. The molecule has 0 saturated carbocycles. The highest BCUT2D eigenvalue weighted by molar-refractivity contribution is 5.33. The molecule has 2 rings (SSSR count). The summed E-state index contributed by atoms with van der Waals surface area (Å²) >= 11 is 0. The van der Waals surface area contributed by atoms with Gasteiger partial charge in [0.15, 0.2) is 0 Å². The van der Waals surface area contributed by atoms with E-state index in [4.69, 9.17) is 10.5 Å². The van der Waals surface area contributed by atoms with Crippen LogP contribution in [0.15, 0.2) is 18.2 Å². The SMILES string of the molecule is CCC1COC(C)CN1C(CN)c1ccc(C)cc1C. The lowest BCUT2D eigenvalue weighted by Gasteiger charge is -2.43. The molecule has 1 saturated heterocycles. The van der Waals surface area contributed by atoms with E-state index in [0.29, 0.717) is 18.6 Å². The second-order valence-corrected chi connectivity index (χ2v) is 6.01. The zero-order chi connectivity index (χ0) is 14.7. The lowest BCUT2D eigenvalue weighted by Crippen LogP contribution is -2.51. The third-order valence-electron chi connectivity index (χ3n) is 4.39. The van der Waals surface area contributed by atoms with Gasteiger partial charge in [-0.3, -0.25) is 4.90 Å². The van der Waals surface area contributed by atoms with Crippen LogP contribution in [0.2, 0.25) is 0 Å². The molecule has 0 aliphatic carbocycles. The van der Waals surface area contributed by atoms with Crippen LogP contribution in [0, 0.1) is 13.8 Å². The summed E-state index contributed by atoms with van der Waals surface area (Å²) < 4.78 is 5.81. The van der Waals surface area contributed by atoms with Crippen LogP contribution in [-0.2, 0) is 4.74 Å². The summed E-state index contributed by atoms with van der Waals surface area (Å²) in [4.78, 5) is 2.55. The van der Waals surface area contributed by atoms with Crippen molar-refractivity contribution >= 4 is 0 Å². The van der Waals surface area contributed by atoms with Crippen molar-refractivity contribution in [3.8, 4) is 0 Å². The van der Waals surface area contributed by atoms with E-state index in [0.717, 1.165) is 19.6 Å². The van der Waals surface area contributed by atoms with Gasteiger partial charge in [0.25, 0.3) is 0 Å². The molecule has 20 heavy (non-hydrogen) atoms. The first-order valence-corrected chi connectivity index (χ1v) is 7.71. The Hall–Kier alpha value is -0.900. The van der Waals surface area contributed by atoms with Crippen LogP contribution in [0.4, 0.5) is 0 Å². The van der Waals surface area contributed by atoms with Gasteiger partial charge in [-0.05, 0) is 38.3 Å². The highest BCUT2D eigenvalue weighted by Gasteiger charge is 2.31. The lowest BCUT2D eigenvalue weighted by molar-refractivity contribution is -0.0720. The molecule has 3 nitrogen and oxygen atoms in total. The summed E-state index contributed by atoms with van der Waals surface area (Å²) in [6, 6.07) is 7.46. The Labute approximate surface area is 123 Å². The Morgan fingerprint density at radius 3 is 2.75 bits per heavy atom. The molecule has 0 bridgehead atoms. The Balaban J connectivity index is 2.29. The van der Waals surface area contributed by atoms with E-state index in [1.54, 1.807) is 0 Å². The Kier molecular flexibility index (Phi) is 5.19. The van der Waals surface area contributed by atoms with E-state index in [1.807, 2.05) is 0 Å². The number of aryl methyl sites for hydroxylation is 2. The maximum atomic E-state index is 6.12. The van der Waals surface area contributed by atoms with Crippen molar-refractivity contribution in [3.05, 3.63) is 34.9 Å². The molecule has 1 aliphatic heterocycles. The first-order valence-electron chi connectivity index (χ1n) is 7.71. The van der Waals surface area contributed by atoms with Crippen molar-refractivity contribution < 1.29 is 4.74 Å². The molecule has 3 heteroatoms. The van der Waals surface area contributed by atoms with E-state index in [2.05, 4.69) is 50.8 Å². The second kappa shape index (κ2) is 6.70. The number of nitrogens with two attached hydrogens (primary N) is 1. The van der Waals surface area contributed by atoms with Crippen molar-refractivity contribution in [2.45, 2.75) is 52.3 Å². The molecule has 3 unspecified atom stereocenters. The topological polar surface area (TPSA) is 38.5 Å². The Morgan fingerprint density at radius 2 is 2.15 bits per heavy atom. The molecular formula is C17H28N2O. The van der Waals surface area contributed by atoms with Crippen molar-refractivity contribution in [1.82, 2.24) is 4.90 Å². The van der Waals surface area contributed by atoms with Gasteiger partial charge in [0, 0.05) is 25.2 Å². The maximum absolute atomic E-state index is 6.12. The van der Waals surface area contributed by atoms with Gasteiger partial charge in [0.05, 0.1) is 12.7 Å². The summed E-state index contributed by atoms with van der Waals surface area (Å²) in [5.74, 6) is 0. The minimum atomic E-state index is 0.289. The van der Waals surface area contributed by atoms with Crippen LogP contribution in [0.25, 0.3) is 0 Å². The number of hydrogen-bond donors (Lipinski definition) is 1. The predicted octanol–water partition coefficient (Wildman–Crippen LogP) is 2.80. The molecule has 112 valence electrons. The van der Waals surface area contributed by atoms with Crippen LogP contribution in [0.5, 0.6) is 0 Å². The van der Waals surface area contributed by atoms with Gasteiger partial charge in [0.1, 0.15) is 0 Å². The first kappa shape index (κ1) is 15.5. The van der Waals surface area contributed by atoms with Crippen LogP contribution in [-0.4, -0.2) is 36.7 Å². The fourth-order valence-electron chi connectivity index (χ4n) is 3.24. The van der Waals surface area contributed by atoms with Gasteiger partial charge >= 0.3 is 0 Å². The van der Waals surface area contributed by atoms with E-state index in [-0.39, 0.29) is 6.10 Å².